The molecule has 4 heterocycles. The zero-order chi connectivity index (χ0) is 17.2. The number of morpholine rings is 1. The number of rotatable bonds is 4. The van der Waals surface area contributed by atoms with Crippen LogP contribution in [0.3, 0.4) is 0 Å². The highest BCUT2D eigenvalue weighted by Crippen LogP contribution is 2.26. The van der Waals surface area contributed by atoms with Crippen molar-refractivity contribution in [3.63, 3.8) is 0 Å². The normalized spacial score (nSPS) is 21.3. The molecule has 8 nitrogen and oxygen atoms in total. The number of aromatic nitrogens is 4. The lowest BCUT2D eigenvalue weighted by Crippen LogP contribution is -2.39. The van der Waals surface area contributed by atoms with Crippen LogP contribution in [0.25, 0.3) is 0 Å². The predicted octanol–water partition coefficient (Wildman–Crippen LogP) is 2.16. The second-order valence-corrected chi connectivity index (χ2v) is 6.86. The Bertz CT molecular complexity index is 713. The molecule has 0 spiro atoms. The first kappa shape index (κ1) is 16.3. The largest absolute Gasteiger partial charge is 0.408 e. The summed E-state index contributed by atoms with van der Waals surface area (Å²) in [6.07, 6.45) is 4.11. The second kappa shape index (κ2) is 6.95. The van der Waals surface area contributed by atoms with Crippen molar-refractivity contribution < 1.29 is 9.15 Å². The Kier molecular flexibility index (Phi) is 4.52. The molecule has 0 bridgehead atoms. The molecule has 0 amide bonds. The van der Waals surface area contributed by atoms with Crippen LogP contribution in [0, 0.1) is 0 Å². The van der Waals surface area contributed by atoms with Crippen molar-refractivity contribution in [2.75, 3.05) is 42.6 Å². The fourth-order valence-corrected chi connectivity index (χ4v) is 3.20. The molecule has 2 aromatic heterocycles. The predicted molar refractivity (Wildman–Crippen MR) is 92.8 cm³/mol. The Balaban J connectivity index is 1.49. The highest BCUT2D eigenvalue weighted by atomic mass is 16.5. The molecule has 2 aliphatic heterocycles. The van der Waals surface area contributed by atoms with Gasteiger partial charge in [0, 0.05) is 31.7 Å². The fourth-order valence-electron chi connectivity index (χ4n) is 3.20. The number of hydrogen-bond donors (Lipinski definition) is 0. The summed E-state index contributed by atoms with van der Waals surface area (Å²) in [5, 5.41) is 8.31. The van der Waals surface area contributed by atoms with Crippen LogP contribution in [0.1, 0.15) is 50.3 Å². The van der Waals surface area contributed by atoms with Gasteiger partial charge < -0.3 is 19.0 Å². The molecule has 0 N–H and O–H groups in total. The molecule has 2 aromatic rings. The van der Waals surface area contributed by atoms with Crippen LogP contribution in [-0.4, -0.2) is 53.0 Å². The van der Waals surface area contributed by atoms with E-state index < -0.39 is 0 Å². The lowest BCUT2D eigenvalue weighted by Gasteiger charge is -2.31. The Hall–Kier alpha value is -2.22. The molecule has 0 aromatic carbocycles. The maximum atomic E-state index is 5.95. The summed E-state index contributed by atoms with van der Waals surface area (Å²) in [6.45, 7) is 8.13. The van der Waals surface area contributed by atoms with Crippen molar-refractivity contribution in [3.8, 4) is 0 Å². The van der Waals surface area contributed by atoms with Crippen LogP contribution in [0.15, 0.2) is 16.7 Å². The van der Waals surface area contributed by atoms with E-state index in [1.165, 1.54) is 12.8 Å². The van der Waals surface area contributed by atoms with E-state index in [1.807, 2.05) is 26.1 Å². The summed E-state index contributed by atoms with van der Waals surface area (Å²) in [6, 6.07) is 2.49. The first-order valence-electron chi connectivity index (χ1n) is 8.98. The van der Waals surface area contributed by atoms with E-state index in [2.05, 4.69) is 25.0 Å². The zero-order valence-electron chi connectivity index (χ0n) is 14.8. The molecule has 2 saturated heterocycles. The van der Waals surface area contributed by atoms with Gasteiger partial charge in [0.05, 0.1) is 18.8 Å². The smallest absolute Gasteiger partial charge is 0.318 e. The molecule has 1 unspecified atom stereocenters. The van der Waals surface area contributed by atoms with E-state index in [1.54, 1.807) is 0 Å². The van der Waals surface area contributed by atoms with Crippen molar-refractivity contribution in [1.29, 1.82) is 0 Å². The Morgan fingerprint density at radius 3 is 2.72 bits per heavy atom. The van der Waals surface area contributed by atoms with E-state index in [4.69, 9.17) is 14.1 Å². The average Bonchev–Trinajstić information content (AvgIpc) is 3.34. The van der Waals surface area contributed by atoms with Gasteiger partial charge >= 0.3 is 6.01 Å². The fraction of sp³-hybridized carbons (Fsp3) is 0.647. The van der Waals surface area contributed by atoms with Crippen LogP contribution in [0.2, 0.25) is 0 Å². The van der Waals surface area contributed by atoms with E-state index in [0.29, 0.717) is 25.1 Å². The molecule has 8 heteroatoms. The van der Waals surface area contributed by atoms with Gasteiger partial charge in [-0.1, -0.05) is 18.9 Å². The van der Waals surface area contributed by atoms with Crippen LogP contribution < -0.4 is 9.80 Å². The molecule has 0 saturated carbocycles. The van der Waals surface area contributed by atoms with Crippen LogP contribution >= 0.6 is 0 Å². The van der Waals surface area contributed by atoms with E-state index in [-0.39, 0.29) is 12.0 Å². The maximum Gasteiger partial charge on any atom is 0.318 e. The topological polar surface area (TPSA) is 80.4 Å². The summed E-state index contributed by atoms with van der Waals surface area (Å²) in [5.74, 6) is 1.69. The molecule has 25 heavy (non-hydrogen) atoms. The minimum absolute atomic E-state index is 0.118. The lowest BCUT2D eigenvalue weighted by atomic mass is 10.2. The minimum atomic E-state index is -0.118. The van der Waals surface area contributed by atoms with Gasteiger partial charge in [0.1, 0.15) is 6.10 Å². The summed E-state index contributed by atoms with van der Waals surface area (Å²) in [5.41, 5.74) is 0.908. The average molecular weight is 344 g/mol. The maximum absolute atomic E-state index is 5.95. The second-order valence-electron chi connectivity index (χ2n) is 6.86. The number of hydrogen-bond acceptors (Lipinski definition) is 8. The van der Waals surface area contributed by atoms with Crippen molar-refractivity contribution in [2.24, 2.45) is 0 Å². The third kappa shape index (κ3) is 3.44. The minimum Gasteiger partial charge on any atom is -0.408 e. The first-order chi connectivity index (χ1) is 12.2. The van der Waals surface area contributed by atoms with Crippen LogP contribution in [-0.2, 0) is 4.74 Å². The van der Waals surface area contributed by atoms with Gasteiger partial charge in [0.15, 0.2) is 0 Å². The standard InChI is InChI=1S/C17H24N6O2/c1-12(2)15-20-21-17(25-15)23-9-10-24-14(11-23)13-5-6-18-16(19-13)22-7-3-4-8-22/h5-6,12,14H,3-4,7-11H2,1-2H3. The molecule has 1 atom stereocenters. The van der Waals surface area contributed by atoms with Gasteiger partial charge in [-0.3, -0.25) is 0 Å². The van der Waals surface area contributed by atoms with Crippen LogP contribution in [0.4, 0.5) is 12.0 Å². The highest BCUT2D eigenvalue weighted by molar-refractivity contribution is 5.33. The summed E-state index contributed by atoms with van der Waals surface area (Å²) in [4.78, 5) is 13.5. The quantitative estimate of drug-likeness (QED) is 0.835. The number of anilines is 2. The molecule has 134 valence electrons. The van der Waals surface area contributed by atoms with Gasteiger partial charge in [-0.15, -0.1) is 5.10 Å². The Labute approximate surface area is 147 Å². The summed E-state index contributed by atoms with van der Waals surface area (Å²) >= 11 is 0. The number of ether oxygens (including phenoxy) is 1. The van der Waals surface area contributed by atoms with Crippen molar-refractivity contribution >= 4 is 12.0 Å². The van der Waals surface area contributed by atoms with Gasteiger partial charge in [0.25, 0.3) is 0 Å². The van der Waals surface area contributed by atoms with E-state index in [9.17, 15) is 0 Å². The third-order valence-electron chi connectivity index (χ3n) is 4.64. The monoisotopic (exact) mass is 344 g/mol. The molecule has 2 aliphatic rings. The van der Waals surface area contributed by atoms with Gasteiger partial charge in [-0.25, -0.2) is 9.97 Å². The van der Waals surface area contributed by atoms with Crippen molar-refractivity contribution in [3.05, 3.63) is 23.8 Å². The van der Waals surface area contributed by atoms with Crippen LogP contribution in [0.5, 0.6) is 0 Å². The molecule has 0 aliphatic carbocycles. The van der Waals surface area contributed by atoms with E-state index >= 15 is 0 Å². The van der Waals surface area contributed by atoms with Crippen molar-refractivity contribution in [1.82, 2.24) is 20.2 Å². The first-order valence-corrected chi connectivity index (χ1v) is 8.98. The van der Waals surface area contributed by atoms with E-state index in [0.717, 1.165) is 31.3 Å². The molecular formula is C17H24N6O2. The molecule has 0 radical (unpaired) electrons. The SMILES string of the molecule is CC(C)c1nnc(N2CCOC(c3ccnc(N4CCCC4)n3)C2)o1. The number of nitrogens with zero attached hydrogens (tertiary/aromatic N) is 6. The Morgan fingerprint density at radius 1 is 1.12 bits per heavy atom. The highest BCUT2D eigenvalue weighted by Gasteiger charge is 2.27. The zero-order valence-corrected chi connectivity index (χ0v) is 14.8. The summed E-state index contributed by atoms with van der Waals surface area (Å²) < 4.78 is 11.7. The summed E-state index contributed by atoms with van der Waals surface area (Å²) in [7, 11) is 0. The van der Waals surface area contributed by atoms with Crippen molar-refractivity contribution in [2.45, 2.75) is 38.7 Å². The molecular weight excluding hydrogens is 320 g/mol. The van der Waals surface area contributed by atoms with Gasteiger partial charge in [0.2, 0.25) is 11.8 Å². The van der Waals surface area contributed by atoms with Gasteiger partial charge in [-0.2, -0.15) is 0 Å². The van der Waals surface area contributed by atoms with Gasteiger partial charge in [-0.05, 0) is 18.9 Å². The lowest BCUT2D eigenvalue weighted by molar-refractivity contribution is 0.0352. The molecule has 2 fully saturated rings. The molecule has 4 rings (SSSR count). The third-order valence-corrected chi connectivity index (χ3v) is 4.64. The Morgan fingerprint density at radius 2 is 1.96 bits per heavy atom.